The van der Waals surface area contributed by atoms with Gasteiger partial charge in [0.15, 0.2) is 0 Å². The van der Waals surface area contributed by atoms with E-state index in [-0.39, 0.29) is 0 Å². The van der Waals surface area contributed by atoms with E-state index in [1.165, 1.54) is 33.3 Å². The number of hydrogen-bond acceptors (Lipinski definition) is 2. The Labute approximate surface area is 58.4 Å². The maximum atomic E-state index is 2.10. The first-order valence-electron chi connectivity index (χ1n) is 1.90. The van der Waals surface area contributed by atoms with Crippen LogP contribution >= 0.6 is 20.7 Å². The molecule has 0 N–H and O–H groups in total. The Morgan fingerprint density at radius 3 is 2.50 bits per heavy atom. The monoisotopic (exact) mass is 226 g/mol. The zero-order valence-electron chi connectivity index (χ0n) is 3.39. The molecule has 0 spiro atoms. The van der Waals surface area contributed by atoms with Crippen LogP contribution in [0.15, 0.2) is 0 Å². The second-order valence-corrected chi connectivity index (χ2v) is 6.01. The summed E-state index contributed by atoms with van der Waals surface area (Å²) in [5, 5.41) is 0. The van der Waals surface area contributed by atoms with Gasteiger partial charge in [-0.15, -0.1) is 0 Å². The Balaban J connectivity index is 2.01. The van der Waals surface area contributed by atoms with Gasteiger partial charge in [0.25, 0.3) is 0 Å². The molecule has 0 aromatic rings. The Hall–Kier alpha value is 1.50. The SMILES string of the molecule is [SnH][S]C1CCS1. The first kappa shape index (κ1) is 5.63. The van der Waals surface area contributed by atoms with Crippen LogP contribution in [0.4, 0.5) is 0 Å². The fourth-order valence-electron chi connectivity index (χ4n) is 0.321. The predicted octanol–water partition coefficient (Wildman–Crippen LogP) is 0.998. The van der Waals surface area contributed by atoms with Gasteiger partial charge in [-0.3, -0.25) is 0 Å². The molecule has 0 amide bonds. The van der Waals surface area contributed by atoms with Gasteiger partial charge in [0.05, 0.1) is 0 Å². The standard InChI is InChI=1S/C3H6S2.Sn.H/c4-3-1-2-5-3;;/h3-4H,1-2H2;;/q;+1;/p-1. The number of rotatable bonds is 1. The minimum atomic E-state index is 1.01. The van der Waals surface area contributed by atoms with Crippen molar-refractivity contribution in [3.05, 3.63) is 0 Å². The van der Waals surface area contributed by atoms with Crippen LogP contribution in [0.2, 0.25) is 0 Å². The van der Waals surface area contributed by atoms with Gasteiger partial charge in [0.2, 0.25) is 0 Å². The van der Waals surface area contributed by atoms with Crippen LogP contribution in [-0.2, 0) is 0 Å². The molecule has 0 aromatic carbocycles. The fourth-order valence-corrected chi connectivity index (χ4v) is 4.96. The molecule has 0 bridgehead atoms. The van der Waals surface area contributed by atoms with Crippen molar-refractivity contribution in [2.75, 3.05) is 5.75 Å². The van der Waals surface area contributed by atoms with Crippen molar-refractivity contribution in [2.24, 2.45) is 0 Å². The fraction of sp³-hybridized carbons (Fsp3) is 1.00. The van der Waals surface area contributed by atoms with E-state index < -0.39 is 0 Å². The van der Waals surface area contributed by atoms with E-state index in [4.69, 9.17) is 0 Å². The molecule has 1 atom stereocenters. The Bertz CT molecular complexity index is 41.3. The molecule has 3 heteroatoms. The quantitative estimate of drug-likeness (QED) is 0.610. The van der Waals surface area contributed by atoms with E-state index in [9.17, 15) is 0 Å². The van der Waals surface area contributed by atoms with Crippen molar-refractivity contribution in [1.82, 2.24) is 0 Å². The van der Waals surface area contributed by atoms with Crippen molar-refractivity contribution >= 4 is 41.8 Å². The van der Waals surface area contributed by atoms with Crippen molar-refractivity contribution in [3.8, 4) is 0 Å². The molecular formula is C3H6S2Sn. The summed E-state index contributed by atoms with van der Waals surface area (Å²) in [7, 11) is 2.10. The average molecular weight is 225 g/mol. The first-order valence-corrected chi connectivity index (χ1v) is 7.93. The molecular weight excluding hydrogens is 219 g/mol. The van der Waals surface area contributed by atoms with Crippen LogP contribution in [0.1, 0.15) is 6.42 Å². The Kier molecular flexibility index (Phi) is 2.55. The van der Waals surface area contributed by atoms with Crippen LogP contribution in [0, 0.1) is 0 Å². The van der Waals surface area contributed by atoms with E-state index in [0.29, 0.717) is 0 Å². The topological polar surface area (TPSA) is 0 Å². The van der Waals surface area contributed by atoms with Gasteiger partial charge >= 0.3 is 58.6 Å². The van der Waals surface area contributed by atoms with E-state index in [2.05, 4.69) is 20.7 Å². The zero-order valence-corrected chi connectivity index (χ0v) is 8.31. The molecule has 0 aliphatic carbocycles. The molecule has 6 heavy (non-hydrogen) atoms. The van der Waals surface area contributed by atoms with Crippen molar-refractivity contribution in [2.45, 2.75) is 11.0 Å². The third-order valence-electron chi connectivity index (χ3n) is 0.809. The molecule has 1 saturated heterocycles. The minimum absolute atomic E-state index is 1.01. The summed E-state index contributed by atoms with van der Waals surface area (Å²) in [5.41, 5.74) is 0. The first-order chi connectivity index (χ1) is 2.93. The molecule has 1 fully saturated rings. The van der Waals surface area contributed by atoms with Gasteiger partial charge in [-0.05, 0) is 0 Å². The second-order valence-electron chi connectivity index (χ2n) is 1.23. The van der Waals surface area contributed by atoms with Gasteiger partial charge in [0, 0.05) is 0 Å². The predicted molar refractivity (Wildman–Crippen MR) is 35.6 cm³/mol. The summed E-state index contributed by atoms with van der Waals surface area (Å²) >= 11 is 3.48. The third-order valence-corrected chi connectivity index (χ3v) is 7.67. The molecule has 1 unspecified atom stereocenters. The maximum absolute atomic E-state index is 2.10. The van der Waals surface area contributed by atoms with E-state index in [1.807, 2.05) is 0 Å². The van der Waals surface area contributed by atoms with Gasteiger partial charge in [-0.2, -0.15) is 0 Å². The molecule has 1 heterocycles. The Morgan fingerprint density at radius 2 is 2.50 bits per heavy atom. The van der Waals surface area contributed by atoms with E-state index >= 15 is 0 Å². The molecule has 1 aliphatic heterocycles. The third kappa shape index (κ3) is 1.23. The van der Waals surface area contributed by atoms with Crippen molar-refractivity contribution < 1.29 is 0 Å². The van der Waals surface area contributed by atoms with Gasteiger partial charge < -0.3 is 0 Å². The van der Waals surface area contributed by atoms with Crippen LogP contribution in [-0.4, -0.2) is 31.5 Å². The van der Waals surface area contributed by atoms with Crippen LogP contribution in [0.5, 0.6) is 0 Å². The van der Waals surface area contributed by atoms with Crippen LogP contribution < -0.4 is 0 Å². The molecule has 0 saturated carbocycles. The normalized spacial score (nSPS) is 32.5. The van der Waals surface area contributed by atoms with Gasteiger partial charge in [-0.1, -0.05) is 0 Å². The van der Waals surface area contributed by atoms with Crippen LogP contribution in [0.3, 0.4) is 0 Å². The summed E-state index contributed by atoms with van der Waals surface area (Å²) in [6.07, 6.45) is 1.47. The summed E-state index contributed by atoms with van der Waals surface area (Å²) in [6, 6.07) is 0. The average Bonchev–Trinajstić information content (AvgIpc) is 1.31. The van der Waals surface area contributed by atoms with Gasteiger partial charge in [-0.25, -0.2) is 0 Å². The zero-order chi connectivity index (χ0) is 4.41. The molecule has 1 aliphatic rings. The molecule has 0 aromatic heterocycles. The molecule has 1 rings (SSSR count). The van der Waals surface area contributed by atoms with E-state index in [1.54, 1.807) is 0 Å². The molecule has 2 radical (unpaired) electrons. The number of thioether (sulfide) groups is 1. The molecule has 34 valence electrons. The Morgan fingerprint density at radius 1 is 1.83 bits per heavy atom. The van der Waals surface area contributed by atoms with Crippen LogP contribution in [0.25, 0.3) is 0 Å². The summed E-state index contributed by atoms with van der Waals surface area (Å²) in [5.74, 6) is 1.42. The van der Waals surface area contributed by atoms with Crippen molar-refractivity contribution in [3.63, 3.8) is 0 Å². The van der Waals surface area contributed by atoms with Crippen molar-refractivity contribution in [1.29, 1.82) is 0 Å². The van der Waals surface area contributed by atoms with Gasteiger partial charge in [0.1, 0.15) is 0 Å². The summed E-state index contributed by atoms with van der Waals surface area (Å²) < 4.78 is 1.01. The molecule has 0 nitrogen and oxygen atoms in total. The summed E-state index contributed by atoms with van der Waals surface area (Å²) in [4.78, 5) is 0. The summed E-state index contributed by atoms with van der Waals surface area (Å²) in [6.45, 7) is 0. The number of hydrogen-bond donors (Lipinski definition) is 0. The van der Waals surface area contributed by atoms with E-state index in [0.717, 1.165) is 4.58 Å². The second kappa shape index (κ2) is 2.72.